The first kappa shape index (κ1) is 16.1. The molecule has 7 heteroatoms. The first-order valence-electron chi connectivity index (χ1n) is 6.39. The number of H-pyrrole nitrogens is 1. The number of carbonyl (C=O) groups excluding carboxylic acids is 1. The van der Waals surface area contributed by atoms with Gasteiger partial charge in [-0.2, -0.15) is 0 Å². The van der Waals surface area contributed by atoms with Gasteiger partial charge < -0.3 is 10.4 Å². The fourth-order valence-corrected chi connectivity index (χ4v) is 1.54. The molecule has 0 saturated heterocycles. The molecular weight excluding hydrogens is 260 g/mol. The number of amides is 1. The van der Waals surface area contributed by atoms with Crippen molar-refractivity contribution in [2.45, 2.75) is 53.0 Å². The van der Waals surface area contributed by atoms with E-state index in [-0.39, 0.29) is 11.2 Å². The minimum absolute atomic E-state index is 0.0505. The van der Waals surface area contributed by atoms with E-state index < -0.39 is 23.3 Å². The molecule has 112 valence electrons. The summed E-state index contributed by atoms with van der Waals surface area (Å²) >= 11 is 0. The van der Waals surface area contributed by atoms with Gasteiger partial charge in [0, 0.05) is 5.41 Å². The molecule has 0 radical (unpaired) electrons. The highest BCUT2D eigenvalue weighted by Crippen LogP contribution is 2.20. The number of aromatic amines is 1. The van der Waals surface area contributed by atoms with E-state index >= 15 is 0 Å². The van der Waals surface area contributed by atoms with Crippen LogP contribution in [0.25, 0.3) is 0 Å². The van der Waals surface area contributed by atoms with Crippen LogP contribution < -0.4 is 5.32 Å². The monoisotopic (exact) mass is 282 g/mol. The molecule has 20 heavy (non-hydrogen) atoms. The number of nitrogens with one attached hydrogen (secondary N) is 2. The third-order valence-electron chi connectivity index (χ3n) is 2.79. The molecule has 0 aliphatic carbocycles. The number of rotatable bonds is 3. The highest BCUT2D eigenvalue weighted by Gasteiger charge is 2.34. The van der Waals surface area contributed by atoms with Crippen LogP contribution in [0, 0.1) is 5.41 Å². The highest BCUT2D eigenvalue weighted by molar-refractivity contribution is 5.93. The average molecular weight is 282 g/mol. The molecule has 0 fully saturated rings. The summed E-state index contributed by atoms with van der Waals surface area (Å²) in [7, 11) is 0. The Hall–Kier alpha value is -1.92. The molecule has 1 amide bonds. The van der Waals surface area contributed by atoms with Gasteiger partial charge in [-0.05, 0) is 5.41 Å². The van der Waals surface area contributed by atoms with Crippen LogP contribution in [0.2, 0.25) is 0 Å². The maximum absolute atomic E-state index is 12.0. The van der Waals surface area contributed by atoms with Crippen LogP contribution >= 0.6 is 0 Å². The van der Waals surface area contributed by atoms with E-state index in [1.807, 2.05) is 20.8 Å². The number of aromatic nitrogens is 3. The smallest absolute Gasteiger partial charge is 0.326 e. The summed E-state index contributed by atoms with van der Waals surface area (Å²) in [6.45, 7) is 11.0. The number of carbonyl (C=O) groups is 2. The topological polar surface area (TPSA) is 108 Å². The van der Waals surface area contributed by atoms with Gasteiger partial charge in [0.15, 0.2) is 0 Å². The quantitative estimate of drug-likeness (QED) is 0.775. The van der Waals surface area contributed by atoms with Crippen LogP contribution in [0.4, 0.5) is 0 Å². The van der Waals surface area contributed by atoms with Gasteiger partial charge in [-0.15, -0.1) is 5.10 Å². The van der Waals surface area contributed by atoms with Crippen molar-refractivity contribution in [3.05, 3.63) is 11.6 Å². The number of nitrogens with zero attached hydrogens (tertiary/aromatic N) is 2. The number of hydrogen-bond donors (Lipinski definition) is 3. The van der Waals surface area contributed by atoms with Gasteiger partial charge in [0.1, 0.15) is 11.9 Å². The van der Waals surface area contributed by atoms with Crippen molar-refractivity contribution in [2.75, 3.05) is 0 Å². The highest BCUT2D eigenvalue weighted by atomic mass is 16.4. The Kier molecular flexibility index (Phi) is 4.21. The second-order valence-corrected chi connectivity index (χ2v) is 6.87. The zero-order valence-electron chi connectivity index (χ0n) is 12.7. The molecule has 1 atom stereocenters. The number of carboxylic acid groups (broad SMARTS) is 1. The van der Waals surface area contributed by atoms with Crippen LogP contribution in [0.15, 0.2) is 0 Å². The van der Waals surface area contributed by atoms with E-state index in [0.29, 0.717) is 5.82 Å². The van der Waals surface area contributed by atoms with Crippen molar-refractivity contribution in [1.82, 2.24) is 20.5 Å². The van der Waals surface area contributed by atoms with Crippen LogP contribution in [-0.4, -0.2) is 38.2 Å². The number of aliphatic carboxylic acids is 1. The number of hydrogen-bond acceptors (Lipinski definition) is 4. The van der Waals surface area contributed by atoms with Crippen LogP contribution in [0.1, 0.15) is 58.0 Å². The molecular formula is C13H22N4O3. The van der Waals surface area contributed by atoms with E-state index in [9.17, 15) is 14.7 Å². The first-order chi connectivity index (χ1) is 8.93. The largest absolute Gasteiger partial charge is 0.480 e. The lowest BCUT2D eigenvalue weighted by Crippen LogP contribution is -2.49. The lowest BCUT2D eigenvalue weighted by Gasteiger charge is -2.27. The predicted octanol–water partition coefficient (Wildman–Crippen LogP) is 1.33. The molecule has 1 unspecified atom stereocenters. The van der Waals surface area contributed by atoms with E-state index in [0.717, 1.165) is 0 Å². The average Bonchev–Trinajstić information content (AvgIpc) is 2.71. The summed E-state index contributed by atoms with van der Waals surface area (Å²) in [6.07, 6.45) is 0. The van der Waals surface area contributed by atoms with Crippen molar-refractivity contribution in [3.63, 3.8) is 0 Å². The Morgan fingerprint density at radius 2 is 1.75 bits per heavy atom. The molecule has 1 aromatic heterocycles. The molecule has 0 aliphatic heterocycles. The summed E-state index contributed by atoms with van der Waals surface area (Å²) < 4.78 is 0. The molecule has 0 spiro atoms. The molecule has 0 aromatic carbocycles. The maximum atomic E-state index is 12.0. The second-order valence-electron chi connectivity index (χ2n) is 6.87. The number of carboxylic acids is 1. The molecule has 0 bridgehead atoms. The van der Waals surface area contributed by atoms with Crippen molar-refractivity contribution in [3.8, 4) is 0 Å². The molecule has 1 heterocycles. The zero-order valence-corrected chi connectivity index (χ0v) is 12.7. The third kappa shape index (κ3) is 3.79. The molecule has 1 rings (SSSR count). The Bertz CT molecular complexity index is 508. The molecule has 7 nitrogen and oxygen atoms in total. The minimum atomic E-state index is -1.09. The summed E-state index contributed by atoms with van der Waals surface area (Å²) in [5.41, 5.74) is -0.869. The van der Waals surface area contributed by atoms with Crippen LogP contribution in [-0.2, 0) is 10.2 Å². The normalized spacial score (nSPS) is 13.9. The van der Waals surface area contributed by atoms with Gasteiger partial charge in [0.2, 0.25) is 5.82 Å². The molecule has 3 N–H and O–H groups in total. The Balaban J connectivity index is 2.91. The fraction of sp³-hybridized carbons (Fsp3) is 0.692. The summed E-state index contributed by atoms with van der Waals surface area (Å²) in [6, 6.07) is -1.01. The van der Waals surface area contributed by atoms with Gasteiger partial charge >= 0.3 is 5.97 Å². The van der Waals surface area contributed by atoms with Gasteiger partial charge in [0.25, 0.3) is 5.91 Å². The van der Waals surface area contributed by atoms with Crippen molar-refractivity contribution < 1.29 is 14.7 Å². The molecule has 0 aliphatic rings. The molecule has 0 saturated carbocycles. The van der Waals surface area contributed by atoms with Crippen molar-refractivity contribution in [1.29, 1.82) is 0 Å². The van der Waals surface area contributed by atoms with Gasteiger partial charge in [-0.3, -0.25) is 9.89 Å². The van der Waals surface area contributed by atoms with Crippen molar-refractivity contribution >= 4 is 11.9 Å². The van der Waals surface area contributed by atoms with Crippen LogP contribution in [0.5, 0.6) is 0 Å². The second kappa shape index (κ2) is 5.22. The van der Waals surface area contributed by atoms with E-state index in [2.05, 4.69) is 20.5 Å². The summed E-state index contributed by atoms with van der Waals surface area (Å²) in [4.78, 5) is 27.3. The lowest BCUT2D eigenvalue weighted by atomic mass is 9.87. The standard InChI is InChI=1S/C13H22N4O3/c1-12(2,3)7(10(19)20)14-9(18)8-15-11(17-16-8)13(4,5)6/h7H,1-6H3,(H,14,18)(H,19,20)(H,15,16,17). The SMILES string of the molecule is CC(C)(C)c1nc(C(=O)NC(C(=O)O)C(C)(C)C)n[nH]1. The predicted molar refractivity (Wildman–Crippen MR) is 73.4 cm³/mol. The third-order valence-corrected chi connectivity index (χ3v) is 2.79. The van der Waals surface area contributed by atoms with Gasteiger partial charge in [-0.1, -0.05) is 41.5 Å². The van der Waals surface area contributed by atoms with E-state index in [1.54, 1.807) is 20.8 Å². The molecule has 1 aromatic rings. The summed E-state index contributed by atoms with van der Waals surface area (Å²) in [5, 5.41) is 18.2. The maximum Gasteiger partial charge on any atom is 0.326 e. The van der Waals surface area contributed by atoms with E-state index in [4.69, 9.17) is 0 Å². The Morgan fingerprint density at radius 1 is 1.20 bits per heavy atom. The van der Waals surface area contributed by atoms with Crippen LogP contribution in [0.3, 0.4) is 0 Å². The van der Waals surface area contributed by atoms with Crippen molar-refractivity contribution in [2.24, 2.45) is 5.41 Å². The Morgan fingerprint density at radius 3 is 2.10 bits per heavy atom. The fourth-order valence-electron chi connectivity index (χ4n) is 1.54. The van der Waals surface area contributed by atoms with Gasteiger partial charge in [-0.25, -0.2) is 9.78 Å². The van der Waals surface area contributed by atoms with Gasteiger partial charge in [0.05, 0.1) is 0 Å². The minimum Gasteiger partial charge on any atom is -0.480 e. The van der Waals surface area contributed by atoms with E-state index in [1.165, 1.54) is 0 Å². The summed E-state index contributed by atoms with van der Waals surface area (Å²) in [5.74, 6) is -1.16. The Labute approximate surface area is 118 Å². The zero-order chi connectivity index (χ0) is 15.7. The first-order valence-corrected chi connectivity index (χ1v) is 6.39. The lowest BCUT2D eigenvalue weighted by molar-refractivity contribution is -0.142.